The molecule has 16 nitrogen and oxygen atoms in total. The van der Waals surface area contributed by atoms with Gasteiger partial charge in [-0.1, -0.05) is 0 Å². The van der Waals surface area contributed by atoms with Crippen molar-refractivity contribution in [1.29, 1.82) is 0 Å². The van der Waals surface area contributed by atoms with Crippen molar-refractivity contribution >= 4 is 27.2 Å². The summed E-state index contributed by atoms with van der Waals surface area (Å²) in [5.41, 5.74) is 0.144. The Bertz CT molecular complexity index is 2170. The van der Waals surface area contributed by atoms with E-state index in [1.165, 1.54) is 9.13 Å². The fourth-order valence-electron chi connectivity index (χ4n) is 8.76. The Hall–Kier alpha value is -3.74. The van der Waals surface area contributed by atoms with E-state index in [4.69, 9.17) is 14.5 Å². The maximum atomic E-state index is 14.7. The topological polar surface area (TPSA) is 144 Å². The highest BCUT2D eigenvalue weighted by Gasteiger charge is 2.30. The van der Waals surface area contributed by atoms with Gasteiger partial charge in [0.15, 0.2) is 0 Å². The van der Waals surface area contributed by atoms with Crippen molar-refractivity contribution < 1.29 is 14.6 Å². The number of aromatic nitrogens is 2. The number of hydrogen-bond acceptors (Lipinski definition) is 14. The van der Waals surface area contributed by atoms with Crippen LogP contribution in [0, 0.1) is 0 Å². The summed E-state index contributed by atoms with van der Waals surface area (Å²) in [4.78, 5) is 62.9. The largest absolute Gasteiger partial charge is 0.494 e. The molecule has 0 spiro atoms. The second-order valence-electron chi connectivity index (χ2n) is 16.0. The SMILES string of the molecule is CN1CCN(CCN=c2cc3c(=O)n(CCN4CCOCC4)c(=O)c4c(NCCN5CCN(C)CC5)cc5c(O)n(CCN6CCOCC6)c(=O)c2c5c4-3)CC1. The van der Waals surface area contributed by atoms with Gasteiger partial charge in [0.05, 0.1) is 54.7 Å². The number of pyridine rings is 2. The summed E-state index contributed by atoms with van der Waals surface area (Å²) in [6.45, 7) is 17.3. The van der Waals surface area contributed by atoms with E-state index in [0.29, 0.717) is 96.3 Å². The number of benzene rings is 2. The van der Waals surface area contributed by atoms with E-state index >= 15 is 0 Å². The third-order valence-corrected chi connectivity index (χ3v) is 12.4. The molecule has 2 aromatic rings. The van der Waals surface area contributed by atoms with Crippen LogP contribution in [0.2, 0.25) is 0 Å². The Morgan fingerprint density at radius 3 is 1.75 bits per heavy atom. The molecule has 0 amide bonds. The molecular weight excluding hydrogens is 717 g/mol. The van der Waals surface area contributed by atoms with Crippen molar-refractivity contribution in [3.05, 3.63) is 48.6 Å². The number of rotatable bonds is 13. The minimum Gasteiger partial charge on any atom is -0.494 e. The number of hydrogen-bond donors (Lipinski definition) is 2. The molecule has 0 unspecified atom stereocenters. The van der Waals surface area contributed by atoms with E-state index in [1.54, 1.807) is 6.07 Å². The number of anilines is 1. The molecule has 0 radical (unpaired) electrons. The minimum absolute atomic E-state index is 0.167. The standard InChI is InChI=1S/C40H58N10O6/c1-43-7-11-45(12-8-43)5-3-41-31-27-29-34-33-30(38(52)49(39(53)35(31)33)17-15-47-19-23-55-24-20-47)28-32(42-4-6-46-13-9-44(2)10-14-46)36(34)40(54)50(37(29)51)18-16-48-21-25-56-26-22-48/h27-28,41,51H,3-26H2,1-2H3. The summed E-state index contributed by atoms with van der Waals surface area (Å²) in [5.74, 6) is -0.167. The second kappa shape index (κ2) is 17.4. The van der Waals surface area contributed by atoms with Crippen molar-refractivity contribution in [3.8, 4) is 17.0 Å². The molecule has 56 heavy (non-hydrogen) atoms. The predicted octanol–water partition coefficient (Wildman–Crippen LogP) is -1.17. The highest BCUT2D eigenvalue weighted by atomic mass is 16.5. The summed E-state index contributed by atoms with van der Waals surface area (Å²) in [6.07, 6.45) is 0. The van der Waals surface area contributed by atoms with Crippen molar-refractivity contribution in [3.63, 3.8) is 0 Å². The molecular formula is C40H58N10O6. The molecule has 1 aliphatic carbocycles. The highest BCUT2D eigenvalue weighted by molar-refractivity contribution is 6.18. The Balaban J connectivity index is 1.27. The summed E-state index contributed by atoms with van der Waals surface area (Å²) < 4.78 is 13.9. The number of aromatic hydroxyl groups is 1. The van der Waals surface area contributed by atoms with Crippen LogP contribution in [0.15, 0.2) is 31.5 Å². The van der Waals surface area contributed by atoms with E-state index in [-0.39, 0.29) is 24.5 Å². The predicted molar refractivity (Wildman–Crippen MR) is 218 cm³/mol. The monoisotopic (exact) mass is 774 g/mol. The van der Waals surface area contributed by atoms with Crippen LogP contribution in [0.5, 0.6) is 5.88 Å². The maximum absolute atomic E-state index is 14.7. The van der Waals surface area contributed by atoms with Crippen molar-refractivity contribution in [2.75, 3.05) is 164 Å². The van der Waals surface area contributed by atoms with E-state index < -0.39 is 11.1 Å². The van der Waals surface area contributed by atoms with Gasteiger partial charge in [0, 0.05) is 146 Å². The number of morpholine rings is 2. The van der Waals surface area contributed by atoms with Gasteiger partial charge in [0.2, 0.25) is 5.88 Å². The molecule has 4 fully saturated rings. The molecule has 6 heterocycles. The zero-order valence-electron chi connectivity index (χ0n) is 33.1. The number of nitrogens with one attached hydrogen (secondary N) is 1. The van der Waals surface area contributed by atoms with Gasteiger partial charge < -0.3 is 29.7 Å². The molecule has 0 bridgehead atoms. The Morgan fingerprint density at radius 1 is 0.607 bits per heavy atom. The zero-order valence-corrected chi connectivity index (χ0v) is 33.1. The first kappa shape index (κ1) is 39.1. The van der Waals surface area contributed by atoms with Gasteiger partial charge >= 0.3 is 0 Å². The molecule has 5 aliphatic heterocycles. The first-order chi connectivity index (χ1) is 27.3. The van der Waals surface area contributed by atoms with Crippen LogP contribution in [-0.2, 0) is 22.6 Å². The number of likely N-dealkylation sites (N-methyl/N-ethyl adjacent to an activating group) is 2. The molecule has 304 valence electrons. The van der Waals surface area contributed by atoms with Gasteiger partial charge in [-0.2, -0.15) is 0 Å². The fraction of sp³-hybridized carbons (Fsp3) is 0.650. The quantitative estimate of drug-likeness (QED) is 0.158. The zero-order chi connectivity index (χ0) is 38.8. The van der Waals surface area contributed by atoms with E-state index in [2.05, 4.69) is 48.8 Å². The molecule has 8 rings (SSSR count). The fourth-order valence-corrected chi connectivity index (χ4v) is 8.76. The Labute approximate surface area is 327 Å². The van der Waals surface area contributed by atoms with Gasteiger partial charge in [0.25, 0.3) is 16.7 Å². The lowest BCUT2D eigenvalue weighted by atomic mass is 9.89. The molecule has 6 aliphatic rings. The molecule has 2 N–H and O–H groups in total. The third kappa shape index (κ3) is 8.16. The van der Waals surface area contributed by atoms with Crippen molar-refractivity contribution in [1.82, 2.24) is 38.5 Å². The summed E-state index contributed by atoms with van der Waals surface area (Å²) in [5, 5.41) is 17.6. The minimum atomic E-state index is -0.403. The highest BCUT2D eigenvalue weighted by Crippen LogP contribution is 2.40. The average Bonchev–Trinajstić information content (AvgIpc) is 3.21. The van der Waals surface area contributed by atoms with Crippen LogP contribution >= 0.6 is 0 Å². The van der Waals surface area contributed by atoms with Crippen LogP contribution in [-0.4, -0.2) is 202 Å². The Morgan fingerprint density at radius 2 is 1.14 bits per heavy atom. The second-order valence-corrected chi connectivity index (χ2v) is 16.0. The summed E-state index contributed by atoms with van der Waals surface area (Å²) in [7, 11) is 4.26. The molecule has 1 aromatic heterocycles. The molecule has 0 saturated carbocycles. The van der Waals surface area contributed by atoms with E-state index in [1.807, 2.05) is 6.07 Å². The lowest BCUT2D eigenvalue weighted by Gasteiger charge is -2.32. The lowest BCUT2D eigenvalue weighted by Crippen LogP contribution is -2.46. The Kier molecular flexibility index (Phi) is 12.2. The van der Waals surface area contributed by atoms with Gasteiger partial charge in [-0.3, -0.25) is 48.1 Å². The van der Waals surface area contributed by atoms with Gasteiger partial charge in [-0.05, 0) is 26.2 Å². The van der Waals surface area contributed by atoms with Crippen molar-refractivity contribution in [2.45, 2.75) is 13.1 Å². The first-order valence-electron chi connectivity index (χ1n) is 20.5. The van der Waals surface area contributed by atoms with Crippen LogP contribution in [0.1, 0.15) is 0 Å². The van der Waals surface area contributed by atoms with Gasteiger partial charge in [-0.15, -0.1) is 0 Å². The van der Waals surface area contributed by atoms with Crippen LogP contribution in [0.25, 0.3) is 32.7 Å². The third-order valence-electron chi connectivity index (χ3n) is 12.4. The average molecular weight is 775 g/mol. The molecule has 16 heteroatoms. The van der Waals surface area contributed by atoms with Gasteiger partial charge in [-0.25, -0.2) is 0 Å². The molecule has 0 atom stereocenters. The van der Waals surface area contributed by atoms with Gasteiger partial charge in [0.1, 0.15) is 0 Å². The summed E-state index contributed by atoms with van der Waals surface area (Å²) >= 11 is 0. The maximum Gasteiger partial charge on any atom is 0.263 e. The van der Waals surface area contributed by atoms with Crippen LogP contribution in [0.4, 0.5) is 5.69 Å². The number of ether oxygens (including phenoxy) is 2. The normalized spacial score (nSPS) is 21.0. The van der Waals surface area contributed by atoms with E-state index in [0.717, 1.165) is 91.6 Å². The smallest absolute Gasteiger partial charge is 0.263 e. The molecule has 1 aromatic carbocycles. The first-order valence-corrected chi connectivity index (χ1v) is 20.5. The lowest BCUT2D eigenvalue weighted by molar-refractivity contribution is 0.0360. The summed E-state index contributed by atoms with van der Waals surface area (Å²) in [6, 6.07) is 3.56. The number of piperazine rings is 2. The van der Waals surface area contributed by atoms with E-state index in [9.17, 15) is 19.5 Å². The van der Waals surface area contributed by atoms with Crippen molar-refractivity contribution in [2.24, 2.45) is 4.99 Å². The molecule has 4 saturated heterocycles. The van der Waals surface area contributed by atoms with Crippen LogP contribution in [0.3, 0.4) is 0 Å². The van der Waals surface area contributed by atoms with Crippen LogP contribution < -0.4 is 27.4 Å². The number of nitrogens with zero attached hydrogens (tertiary/aromatic N) is 9.